The van der Waals surface area contributed by atoms with Gasteiger partial charge in [0.15, 0.2) is 9.84 Å². The second kappa shape index (κ2) is 3.77. The van der Waals surface area contributed by atoms with Crippen LogP contribution in [0.4, 0.5) is 8.78 Å². The lowest BCUT2D eigenvalue weighted by Gasteiger charge is -2.34. The van der Waals surface area contributed by atoms with Crippen molar-refractivity contribution in [3.63, 3.8) is 0 Å². The van der Waals surface area contributed by atoms with E-state index in [9.17, 15) is 17.2 Å². The SMILES string of the molecule is O=S(=O)(c1cccc(Br)c1)C1CC(F)(F)C1. The van der Waals surface area contributed by atoms with Crippen LogP contribution in [0.2, 0.25) is 0 Å². The summed E-state index contributed by atoms with van der Waals surface area (Å²) in [5, 5.41) is -0.947. The number of rotatable bonds is 2. The molecule has 16 heavy (non-hydrogen) atoms. The summed E-state index contributed by atoms with van der Waals surface area (Å²) in [4.78, 5) is 0.0994. The summed E-state index contributed by atoms with van der Waals surface area (Å²) in [5.41, 5.74) is 0. The molecule has 0 heterocycles. The van der Waals surface area contributed by atoms with Gasteiger partial charge in [0.2, 0.25) is 0 Å². The van der Waals surface area contributed by atoms with Gasteiger partial charge in [-0.3, -0.25) is 0 Å². The fourth-order valence-electron chi connectivity index (χ4n) is 1.66. The smallest absolute Gasteiger partial charge is 0.223 e. The van der Waals surface area contributed by atoms with Gasteiger partial charge in [-0.1, -0.05) is 22.0 Å². The number of alkyl halides is 2. The highest BCUT2D eigenvalue weighted by atomic mass is 79.9. The molecule has 0 spiro atoms. The third kappa shape index (κ3) is 2.13. The van der Waals surface area contributed by atoms with Gasteiger partial charge >= 0.3 is 0 Å². The summed E-state index contributed by atoms with van der Waals surface area (Å²) in [6.07, 6.45) is -1.14. The van der Waals surface area contributed by atoms with Crippen molar-refractivity contribution in [1.82, 2.24) is 0 Å². The molecule has 1 fully saturated rings. The molecule has 1 aliphatic rings. The molecule has 0 aromatic heterocycles. The maximum Gasteiger partial charge on any atom is 0.250 e. The first kappa shape index (κ1) is 12.0. The Morgan fingerprint density at radius 3 is 2.44 bits per heavy atom. The summed E-state index contributed by atoms with van der Waals surface area (Å²) in [5.74, 6) is -2.82. The van der Waals surface area contributed by atoms with Crippen molar-refractivity contribution in [2.45, 2.75) is 28.9 Å². The summed E-state index contributed by atoms with van der Waals surface area (Å²) in [7, 11) is -3.61. The number of hydrogen-bond acceptors (Lipinski definition) is 2. The van der Waals surface area contributed by atoms with E-state index in [0.29, 0.717) is 4.47 Å². The second-order valence-corrected chi connectivity index (χ2v) is 7.03. The summed E-state index contributed by atoms with van der Waals surface area (Å²) in [6.45, 7) is 0. The van der Waals surface area contributed by atoms with E-state index in [1.807, 2.05) is 0 Å². The minimum atomic E-state index is -3.61. The zero-order valence-corrected chi connectivity index (χ0v) is 10.6. The van der Waals surface area contributed by atoms with Crippen molar-refractivity contribution in [1.29, 1.82) is 0 Å². The minimum Gasteiger partial charge on any atom is -0.223 e. The van der Waals surface area contributed by atoms with Gasteiger partial charge in [0, 0.05) is 17.3 Å². The molecule has 0 aliphatic heterocycles. The Morgan fingerprint density at radius 1 is 1.31 bits per heavy atom. The van der Waals surface area contributed by atoms with Crippen LogP contribution in [0, 0.1) is 0 Å². The van der Waals surface area contributed by atoms with Crippen molar-refractivity contribution in [2.24, 2.45) is 0 Å². The minimum absolute atomic E-state index is 0.0994. The first-order valence-corrected chi connectivity index (χ1v) is 7.02. The molecule has 0 unspecified atom stereocenters. The molecule has 2 nitrogen and oxygen atoms in total. The van der Waals surface area contributed by atoms with Crippen LogP contribution in [0.15, 0.2) is 33.6 Å². The van der Waals surface area contributed by atoms with Gasteiger partial charge in [0.05, 0.1) is 10.1 Å². The number of sulfone groups is 1. The van der Waals surface area contributed by atoms with Gasteiger partial charge in [-0.15, -0.1) is 0 Å². The van der Waals surface area contributed by atoms with E-state index in [4.69, 9.17) is 0 Å². The largest absolute Gasteiger partial charge is 0.250 e. The average molecular weight is 311 g/mol. The molecule has 0 saturated heterocycles. The van der Waals surface area contributed by atoms with Crippen LogP contribution in [0.25, 0.3) is 0 Å². The van der Waals surface area contributed by atoms with Gasteiger partial charge in [-0.05, 0) is 18.2 Å². The molecule has 0 bridgehead atoms. The maximum atomic E-state index is 12.6. The van der Waals surface area contributed by atoms with Crippen LogP contribution < -0.4 is 0 Å². The molecule has 88 valence electrons. The molecule has 0 radical (unpaired) electrons. The van der Waals surface area contributed by atoms with Gasteiger partial charge in [-0.25, -0.2) is 17.2 Å². The van der Waals surface area contributed by atoms with Crippen molar-refractivity contribution in [3.8, 4) is 0 Å². The van der Waals surface area contributed by atoms with Gasteiger partial charge < -0.3 is 0 Å². The molecular weight excluding hydrogens is 302 g/mol. The van der Waals surface area contributed by atoms with Crippen molar-refractivity contribution < 1.29 is 17.2 Å². The molecular formula is C10H9BrF2O2S. The summed E-state index contributed by atoms with van der Waals surface area (Å²) in [6, 6.07) is 6.13. The predicted octanol–water partition coefficient (Wildman–Crippen LogP) is 3.02. The molecule has 2 rings (SSSR count). The maximum absolute atomic E-state index is 12.6. The Morgan fingerprint density at radius 2 is 1.94 bits per heavy atom. The van der Waals surface area contributed by atoms with E-state index < -0.39 is 33.9 Å². The standard InChI is InChI=1S/C10H9BrF2O2S/c11-7-2-1-3-8(4-7)16(14,15)9-5-10(12,13)6-9/h1-4,9H,5-6H2. The van der Waals surface area contributed by atoms with E-state index in [1.165, 1.54) is 12.1 Å². The highest BCUT2D eigenvalue weighted by Crippen LogP contribution is 2.43. The lowest BCUT2D eigenvalue weighted by atomic mass is 9.94. The van der Waals surface area contributed by atoms with Crippen LogP contribution >= 0.6 is 15.9 Å². The third-order valence-corrected chi connectivity index (χ3v) is 5.23. The Labute approximate surface area is 101 Å². The van der Waals surface area contributed by atoms with Gasteiger partial charge in [-0.2, -0.15) is 0 Å². The van der Waals surface area contributed by atoms with E-state index in [-0.39, 0.29) is 4.90 Å². The highest BCUT2D eigenvalue weighted by molar-refractivity contribution is 9.10. The van der Waals surface area contributed by atoms with Gasteiger partial charge in [0.25, 0.3) is 5.92 Å². The Hall–Kier alpha value is -0.490. The molecule has 1 aliphatic carbocycles. The summed E-state index contributed by atoms with van der Waals surface area (Å²) >= 11 is 3.15. The quantitative estimate of drug-likeness (QED) is 0.841. The van der Waals surface area contributed by atoms with Crippen molar-refractivity contribution >= 4 is 25.8 Å². The van der Waals surface area contributed by atoms with Crippen LogP contribution in [0.5, 0.6) is 0 Å². The topological polar surface area (TPSA) is 34.1 Å². The lowest BCUT2D eigenvalue weighted by molar-refractivity contribution is -0.0685. The summed E-state index contributed by atoms with van der Waals surface area (Å²) < 4.78 is 49.7. The average Bonchev–Trinajstić information content (AvgIpc) is 2.14. The zero-order chi connectivity index (χ0) is 12.0. The van der Waals surface area contributed by atoms with E-state index >= 15 is 0 Å². The molecule has 0 amide bonds. The highest BCUT2D eigenvalue weighted by Gasteiger charge is 2.51. The van der Waals surface area contributed by atoms with E-state index in [2.05, 4.69) is 15.9 Å². The fourth-order valence-corrected chi connectivity index (χ4v) is 4.08. The predicted molar refractivity (Wildman–Crippen MR) is 59.3 cm³/mol. The number of halogens is 3. The fraction of sp³-hybridized carbons (Fsp3) is 0.400. The third-order valence-electron chi connectivity index (χ3n) is 2.62. The van der Waals surface area contributed by atoms with Crippen molar-refractivity contribution in [3.05, 3.63) is 28.7 Å². The Balaban J connectivity index is 2.28. The monoisotopic (exact) mass is 310 g/mol. The van der Waals surface area contributed by atoms with E-state index in [0.717, 1.165) is 0 Å². The molecule has 0 atom stereocenters. The normalized spacial score (nSPS) is 20.4. The lowest BCUT2D eigenvalue weighted by Crippen LogP contribution is -2.44. The number of benzene rings is 1. The van der Waals surface area contributed by atoms with Crippen LogP contribution in [0.3, 0.4) is 0 Å². The first-order chi connectivity index (χ1) is 7.31. The zero-order valence-electron chi connectivity index (χ0n) is 8.16. The molecule has 1 aromatic rings. The van der Waals surface area contributed by atoms with Crippen LogP contribution in [-0.2, 0) is 9.84 Å². The second-order valence-electron chi connectivity index (χ2n) is 3.89. The van der Waals surface area contributed by atoms with Crippen LogP contribution in [0.1, 0.15) is 12.8 Å². The Kier molecular flexibility index (Phi) is 2.82. The first-order valence-electron chi connectivity index (χ1n) is 4.69. The molecule has 1 saturated carbocycles. The Bertz CT molecular complexity index is 505. The molecule has 0 N–H and O–H groups in total. The number of hydrogen-bond donors (Lipinski definition) is 0. The van der Waals surface area contributed by atoms with Gasteiger partial charge in [0.1, 0.15) is 0 Å². The molecule has 6 heteroatoms. The van der Waals surface area contributed by atoms with Crippen LogP contribution in [-0.4, -0.2) is 19.6 Å². The van der Waals surface area contributed by atoms with Crippen molar-refractivity contribution in [2.75, 3.05) is 0 Å². The molecule has 1 aromatic carbocycles. The van der Waals surface area contributed by atoms with E-state index in [1.54, 1.807) is 12.1 Å².